The molecule has 0 heterocycles. The zero-order chi connectivity index (χ0) is 12.8. The van der Waals surface area contributed by atoms with Crippen molar-refractivity contribution in [2.45, 2.75) is 6.92 Å². The number of hydrogen-bond donors (Lipinski definition) is 3. The fraction of sp³-hybridized carbons (Fsp3) is 0.200. The number of rotatable bonds is 2. The Hall–Kier alpha value is -1.46. The molecule has 0 unspecified atom stereocenters. The summed E-state index contributed by atoms with van der Waals surface area (Å²) in [4.78, 5) is 22.4. The molecule has 92 valence electrons. The number of imide groups is 1. The highest BCUT2D eigenvalue weighted by atomic mass is 35.5. The van der Waals surface area contributed by atoms with Crippen LogP contribution in [0.3, 0.4) is 0 Å². The van der Waals surface area contributed by atoms with E-state index in [-0.39, 0.29) is 0 Å². The van der Waals surface area contributed by atoms with Crippen molar-refractivity contribution in [3.8, 4) is 0 Å². The third kappa shape index (κ3) is 4.50. The van der Waals surface area contributed by atoms with E-state index < -0.39 is 12.1 Å². The van der Waals surface area contributed by atoms with E-state index in [0.717, 1.165) is 0 Å². The third-order valence-electron chi connectivity index (χ3n) is 1.74. The molecule has 0 saturated carbocycles. The highest BCUT2D eigenvalue weighted by Gasteiger charge is 2.07. The van der Waals surface area contributed by atoms with Crippen molar-refractivity contribution in [3.05, 3.63) is 28.2 Å². The third-order valence-corrected chi connectivity index (χ3v) is 2.48. The normalized spacial score (nSPS) is 9.59. The molecule has 0 atom stereocenters. The summed E-state index contributed by atoms with van der Waals surface area (Å²) in [6.07, 6.45) is 0. The Morgan fingerprint density at radius 2 is 1.88 bits per heavy atom. The first-order valence-electron chi connectivity index (χ1n) is 4.83. The van der Waals surface area contributed by atoms with Gasteiger partial charge in [0.25, 0.3) is 0 Å². The lowest BCUT2D eigenvalue weighted by molar-refractivity contribution is 0.233. The second-order valence-corrected chi connectivity index (χ2v) is 3.88. The maximum Gasteiger partial charge on any atom is 0.327 e. The van der Waals surface area contributed by atoms with Gasteiger partial charge >= 0.3 is 12.1 Å². The van der Waals surface area contributed by atoms with Gasteiger partial charge in [-0.1, -0.05) is 23.2 Å². The van der Waals surface area contributed by atoms with E-state index in [1.165, 1.54) is 6.07 Å². The fourth-order valence-corrected chi connectivity index (χ4v) is 1.34. The molecule has 0 radical (unpaired) electrons. The van der Waals surface area contributed by atoms with Gasteiger partial charge in [0, 0.05) is 12.2 Å². The van der Waals surface area contributed by atoms with Crippen LogP contribution in [0, 0.1) is 0 Å². The number of urea groups is 2. The largest absolute Gasteiger partial charge is 0.338 e. The molecule has 1 aromatic rings. The number of amides is 4. The van der Waals surface area contributed by atoms with E-state index in [9.17, 15) is 9.59 Å². The molecule has 0 spiro atoms. The first-order valence-corrected chi connectivity index (χ1v) is 5.59. The van der Waals surface area contributed by atoms with Gasteiger partial charge in [0.15, 0.2) is 0 Å². The Kier molecular flexibility index (Phi) is 5.06. The molecule has 0 saturated heterocycles. The topological polar surface area (TPSA) is 70.2 Å². The van der Waals surface area contributed by atoms with Gasteiger partial charge in [0.2, 0.25) is 0 Å². The van der Waals surface area contributed by atoms with E-state index in [0.29, 0.717) is 22.3 Å². The minimum absolute atomic E-state index is 0.322. The van der Waals surface area contributed by atoms with E-state index >= 15 is 0 Å². The van der Waals surface area contributed by atoms with Crippen LogP contribution in [0.5, 0.6) is 0 Å². The zero-order valence-corrected chi connectivity index (χ0v) is 10.5. The van der Waals surface area contributed by atoms with Gasteiger partial charge < -0.3 is 10.6 Å². The summed E-state index contributed by atoms with van der Waals surface area (Å²) in [6.45, 7) is 2.18. The summed E-state index contributed by atoms with van der Waals surface area (Å²) < 4.78 is 0. The lowest BCUT2D eigenvalue weighted by Crippen LogP contribution is -2.41. The highest BCUT2D eigenvalue weighted by Crippen LogP contribution is 2.24. The molecule has 4 amide bonds. The maximum absolute atomic E-state index is 11.3. The minimum atomic E-state index is -0.644. The summed E-state index contributed by atoms with van der Waals surface area (Å²) in [7, 11) is 0. The van der Waals surface area contributed by atoms with Crippen LogP contribution in [0.4, 0.5) is 15.3 Å². The number of halogens is 2. The lowest BCUT2D eigenvalue weighted by Gasteiger charge is -2.07. The zero-order valence-electron chi connectivity index (χ0n) is 9.01. The first-order chi connectivity index (χ1) is 8.02. The van der Waals surface area contributed by atoms with Crippen molar-refractivity contribution in [1.82, 2.24) is 10.6 Å². The van der Waals surface area contributed by atoms with Gasteiger partial charge in [0.05, 0.1) is 10.0 Å². The number of hydrogen-bond acceptors (Lipinski definition) is 2. The summed E-state index contributed by atoms with van der Waals surface area (Å²) in [5.74, 6) is 0. The molecule has 0 aromatic heterocycles. The van der Waals surface area contributed by atoms with E-state index in [4.69, 9.17) is 23.2 Å². The van der Waals surface area contributed by atoms with Gasteiger partial charge in [-0.05, 0) is 25.1 Å². The average molecular weight is 276 g/mol. The van der Waals surface area contributed by atoms with Crippen LogP contribution in [0.25, 0.3) is 0 Å². The van der Waals surface area contributed by atoms with E-state index in [1.54, 1.807) is 19.1 Å². The Morgan fingerprint density at radius 1 is 1.18 bits per heavy atom. The van der Waals surface area contributed by atoms with Crippen LogP contribution in [0.15, 0.2) is 18.2 Å². The monoisotopic (exact) mass is 275 g/mol. The van der Waals surface area contributed by atoms with Crippen molar-refractivity contribution in [1.29, 1.82) is 0 Å². The molecule has 0 aliphatic rings. The second kappa shape index (κ2) is 6.32. The van der Waals surface area contributed by atoms with Crippen molar-refractivity contribution in [2.24, 2.45) is 0 Å². The van der Waals surface area contributed by atoms with Gasteiger partial charge in [-0.3, -0.25) is 5.32 Å². The van der Waals surface area contributed by atoms with Gasteiger partial charge in [-0.2, -0.15) is 0 Å². The Labute approximate surface area is 108 Å². The molecule has 5 nitrogen and oxygen atoms in total. The minimum Gasteiger partial charge on any atom is -0.338 e. The molecular formula is C10H11Cl2N3O2. The fourth-order valence-electron chi connectivity index (χ4n) is 1.04. The molecule has 0 aliphatic carbocycles. The van der Waals surface area contributed by atoms with Crippen molar-refractivity contribution in [3.63, 3.8) is 0 Å². The van der Waals surface area contributed by atoms with E-state index in [2.05, 4.69) is 16.0 Å². The Bertz CT molecular complexity index is 438. The SMILES string of the molecule is CCNC(=O)NC(=O)Nc1ccc(Cl)c(Cl)c1. The van der Waals surface area contributed by atoms with Crippen LogP contribution < -0.4 is 16.0 Å². The van der Waals surface area contributed by atoms with Crippen LogP contribution in [-0.4, -0.2) is 18.6 Å². The standard InChI is InChI=1S/C10H11Cl2N3O2/c1-2-13-9(16)15-10(17)14-6-3-4-7(11)8(12)5-6/h3-5H,2H2,1H3,(H3,13,14,15,16,17). The predicted octanol–water partition coefficient (Wildman–Crippen LogP) is 2.84. The van der Waals surface area contributed by atoms with Gasteiger partial charge in [-0.25, -0.2) is 9.59 Å². The quantitative estimate of drug-likeness (QED) is 0.777. The molecule has 17 heavy (non-hydrogen) atoms. The summed E-state index contributed by atoms with van der Waals surface area (Å²) >= 11 is 11.5. The van der Waals surface area contributed by atoms with Crippen molar-refractivity contribution >= 4 is 41.0 Å². The van der Waals surface area contributed by atoms with E-state index in [1.807, 2.05) is 0 Å². The highest BCUT2D eigenvalue weighted by molar-refractivity contribution is 6.42. The predicted molar refractivity (Wildman–Crippen MR) is 67.7 cm³/mol. The van der Waals surface area contributed by atoms with Crippen LogP contribution in [-0.2, 0) is 0 Å². The summed E-state index contributed by atoms with van der Waals surface area (Å²) in [6, 6.07) is 3.40. The molecule has 7 heteroatoms. The lowest BCUT2D eigenvalue weighted by atomic mass is 10.3. The first kappa shape index (κ1) is 13.6. The van der Waals surface area contributed by atoms with Crippen LogP contribution >= 0.6 is 23.2 Å². The number of nitrogens with one attached hydrogen (secondary N) is 3. The summed E-state index contributed by atoms with van der Waals surface area (Å²) in [5.41, 5.74) is 0.446. The van der Waals surface area contributed by atoms with Crippen molar-refractivity contribution < 1.29 is 9.59 Å². The van der Waals surface area contributed by atoms with Gasteiger partial charge in [-0.15, -0.1) is 0 Å². The molecule has 0 bridgehead atoms. The molecule has 3 N–H and O–H groups in total. The molecule has 0 aliphatic heterocycles. The second-order valence-electron chi connectivity index (χ2n) is 3.07. The smallest absolute Gasteiger partial charge is 0.327 e. The maximum atomic E-state index is 11.3. The number of carbonyl (C=O) groups is 2. The molecular weight excluding hydrogens is 265 g/mol. The Balaban J connectivity index is 2.56. The molecule has 0 fully saturated rings. The molecule has 1 aromatic carbocycles. The Morgan fingerprint density at radius 3 is 2.47 bits per heavy atom. The van der Waals surface area contributed by atoms with Gasteiger partial charge in [0.1, 0.15) is 0 Å². The number of anilines is 1. The summed E-state index contributed by atoms with van der Waals surface area (Å²) in [5, 5.41) is 7.67. The molecule has 1 rings (SSSR count). The number of benzene rings is 1. The van der Waals surface area contributed by atoms with Crippen LogP contribution in [0.2, 0.25) is 10.0 Å². The van der Waals surface area contributed by atoms with Crippen LogP contribution in [0.1, 0.15) is 6.92 Å². The average Bonchev–Trinajstić information content (AvgIpc) is 2.23. The number of carbonyl (C=O) groups excluding carboxylic acids is 2. The van der Waals surface area contributed by atoms with Crippen molar-refractivity contribution in [2.75, 3.05) is 11.9 Å².